The number of hydrogen-bond acceptors (Lipinski definition) is 3. The van der Waals surface area contributed by atoms with E-state index in [0.29, 0.717) is 0 Å². The van der Waals surface area contributed by atoms with Gasteiger partial charge < -0.3 is 9.73 Å². The molecule has 96 valence electrons. The molecule has 19 heavy (non-hydrogen) atoms. The summed E-state index contributed by atoms with van der Waals surface area (Å²) in [5, 5.41) is 4.46. The topological polar surface area (TPSA) is 38.1 Å². The van der Waals surface area contributed by atoms with Crippen LogP contribution < -0.4 is 5.32 Å². The molecule has 0 saturated heterocycles. The first-order valence-corrected chi connectivity index (χ1v) is 6.84. The maximum atomic E-state index is 5.34. The molecule has 1 N–H and O–H groups in total. The van der Waals surface area contributed by atoms with Gasteiger partial charge in [0.2, 0.25) is 0 Å². The van der Waals surface area contributed by atoms with Crippen molar-refractivity contribution in [2.45, 2.75) is 6.04 Å². The van der Waals surface area contributed by atoms with Gasteiger partial charge in [-0.3, -0.25) is 4.98 Å². The average molecular weight is 317 g/mol. The summed E-state index contributed by atoms with van der Waals surface area (Å²) in [6, 6.07) is 12.3. The van der Waals surface area contributed by atoms with Crippen molar-refractivity contribution in [2.24, 2.45) is 0 Å². The fourth-order valence-corrected chi connectivity index (χ4v) is 2.82. The highest BCUT2D eigenvalue weighted by Crippen LogP contribution is 2.32. The lowest BCUT2D eigenvalue weighted by molar-refractivity contribution is 0.530. The van der Waals surface area contributed by atoms with Crippen molar-refractivity contribution in [2.75, 3.05) is 7.05 Å². The van der Waals surface area contributed by atoms with Crippen LogP contribution in [0.5, 0.6) is 0 Å². The fraction of sp³-hybridized carbons (Fsp3) is 0.133. The molecule has 0 fully saturated rings. The van der Waals surface area contributed by atoms with E-state index in [-0.39, 0.29) is 6.04 Å². The zero-order valence-corrected chi connectivity index (χ0v) is 12.0. The van der Waals surface area contributed by atoms with E-state index in [9.17, 15) is 0 Å². The molecular formula is C15H13BrN2O. The van der Waals surface area contributed by atoms with Gasteiger partial charge in [0.25, 0.3) is 0 Å². The summed E-state index contributed by atoms with van der Waals surface area (Å²) >= 11 is 3.44. The first-order chi connectivity index (χ1) is 9.31. The number of pyridine rings is 1. The van der Waals surface area contributed by atoms with Gasteiger partial charge in [-0.2, -0.15) is 0 Å². The smallest absolute Gasteiger partial charge is 0.174 e. The first-order valence-electron chi connectivity index (χ1n) is 6.05. The SMILES string of the molecule is CNC(c1ccoc1Br)c1cccc2cccnc12. The second kappa shape index (κ2) is 5.15. The van der Waals surface area contributed by atoms with E-state index in [1.165, 1.54) is 0 Å². The summed E-state index contributed by atoms with van der Waals surface area (Å²) in [7, 11) is 1.94. The van der Waals surface area contributed by atoms with E-state index < -0.39 is 0 Å². The van der Waals surface area contributed by atoms with Crippen molar-refractivity contribution in [3.8, 4) is 0 Å². The number of fused-ring (bicyclic) bond motifs is 1. The molecule has 3 nitrogen and oxygen atoms in total. The van der Waals surface area contributed by atoms with Gasteiger partial charge in [0, 0.05) is 17.1 Å². The molecule has 0 aliphatic heterocycles. The van der Waals surface area contributed by atoms with Crippen LogP contribution in [0.3, 0.4) is 0 Å². The molecule has 1 unspecified atom stereocenters. The summed E-state index contributed by atoms with van der Waals surface area (Å²) in [6.45, 7) is 0. The quantitative estimate of drug-likeness (QED) is 0.796. The van der Waals surface area contributed by atoms with Gasteiger partial charge in [-0.15, -0.1) is 0 Å². The fourth-order valence-electron chi connectivity index (χ4n) is 2.35. The van der Waals surface area contributed by atoms with E-state index in [0.717, 1.165) is 26.7 Å². The van der Waals surface area contributed by atoms with Crippen molar-refractivity contribution >= 4 is 26.8 Å². The monoisotopic (exact) mass is 316 g/mol. The molecule has 0 amide bonds. The number of nitrogens with one attached hydrogen (secondary N) is 1. The van der Waals surface area contributed by atoms with E-state index >= 15 is 0 Å². The van der Waals surface area contributed by atoms with Crippen molar-refractivity contribution < 1.29 is 4.42 Å². The van der Waals surface area contributed by atoms with Crippen LogP contribution in [-0.2, 0) is 0 Å². The second-order valence-corrected chi connectivity index (χ2v) is 5.01. The number of rotatable bonds is 3. The predicted octanol–water partition coefficient (Wildman–Crippen LogP) is 3.90. The Morgan fingerprint density at radius 2 is 2.00 bits per heavy atom. The van der Waals surface area contributed by atoms with Crippen LogP contribution in [0.25, 0.3) is 10.9 Å². The van der Waals surface area contributed by atoms with E-state index in [1.54, 1.807) is 6.26 Å². The third kappa shape index (κ3) is 2.17. The molecule has 3 rings (SSSR count). The Hall–Kier alpha value is -1.65. The van der Waals surface area contributed by atoms with Crippen LogP contribution >= 0.6 is 15.9 Å². The molecule has 0 aliphatic carbocycles. The zero-order chi connectivity index (χ0) is 13.2. The van der Waals surface area contributed by atoms with Crippen molar-refractivity contribution in [3.05, 3.63) is 64.7 Å². The minimum absolute atomic E-state index is 0.0479. The zero-order valence-electron chi connectivity index (χ0n) is 10.4. The van der Waals surface area contributed by atoms with Crippen LogP contribution in [0.2, 0.25) is 0 Å². The molecule has 1 atom stereocenters. The molecule has 1 aromatic carbocycles. The molecule has 0 spiro atoms. The molecule has 0 bridgehead atoms. The van der Waals surface area contributed by atoms with Gasteiger partial charge in [0.05, 0.1) is 17.8 Å². The van der Waals surface area contributed by atoms with Gasteiger partial charge in [-0.25, -0.2) is 0 Å². The van der Waals surface area contributed by atoms with Crippen molar-refractivity contribution in [1.82, 2.24) is 10.3 Å². The molecular weight excluding hydrogens is 304 g/mol. The maximum absolute atomic E-state index is 5.34. The van der Waals surface area contributed by atoms with Crippen LogP contribution in [0.15, 0.2) is 57.9 Å². The Labute approximate surface area is 119 Å². The molecule has 0 saturated carbocycles. The van der Waals surface area contributed by atoms with Gasteiger partial charge in [0.1, 0.15) is 0 Å². The Bertz CT molecular complexity index is 703. The number of hydrogen-bond donors (Lipinski definition) is 1. The summed E-state index contributed by atoms with van der Waals surface area (Å²) in [4.78, 5) is 4.50. The summed E-state index contributed by atoms with van der Waals surface area (Å²) in [5.74, 6) is 0. The number of benzene rings is 1. The molecule has 0 radical (unpaired) electrons. The Morgan fingerprint density at radius 3 is 2.74 bits per heavy atom. The maximum Gasteiger partial charge on any atom is 0.174 e. The van der Waals surface area contributed by atoms with Crippen molar-refractivity contribution in [1.29, 1.82) is 0 Å². The third-order valence-corrected chi connectivity index (χ3v) is 3.87. The average Bonchev–Trinajstić information content (AvgIpc) is 2.86. The summed E-state index contributed by atoms with van der Waals surface area (Å²) in [6.07, 6.45) is 3.51. The Kier molecular flexibility index (Phi) is 3.36. The van der Waals surface area contributed by atoms with Gasteiger partial charge in [-0.1, -0.05) is 24.3 Å². The number of furan rings is 1. The molecule has 2 aromatic heterocycles. The van der Waals surface area contributed by atoms with Crippen molar-refractivity contribution in [3.63, 3.8) is 0 Å². The number of nitrogens with zero attached hydrogens (tertiary/aromatic N) is 1. The highest BCUT2D eigenvalue weighted by molar-refractivity contribution is 9.10. The van der Waals surface area contributed by atoms with Crippen LogP contribution in [0, 0.1) is 0 Å². The minimum Gasteiger partial charge on any atom is -0.457 e. The standard InChI is InChI=1S/C15H13BrN2O/c1-17-14(12-7-9-19-15(12)16)11-6-2-4-10-5-3-8-18-13(10)11/h2-9,14,17H,1H3. The lowest BCUT2D eigenvalue weighted by Crippen LogP contribution is -2.18. The predicted molar refractivity (Wildman–Crippen MR) is 79.1 cm³/mol. The first kappa shape index (κ1) is 12.4. The summed E-state index contributed by atoms with van der Waals surface area (Å²) < 4.78 is 6.09. The van der Waals surface area contributed by atoms with E-state index in [1.807, 2.05) is 25.4 Å². The number of halogens is 1. The van der Waals surface area contributed by atoms with Crippen LogP contribution in [-0.4, -0.2) is 12.0 Å². The molecule has 3 aromatic rings. The molecule has 2 heterocycles. The van der Waals surface area contributed by atoms with E-state index in [4.69, 9.17) is 4.42 Å². The Morgan fingerprint density at radius 1 is 1.16 bits per heavy atom. The van der Waals surface area contributed by atoms with E-state index in [2.05, 4.69) is 50.5 Å². The minimum atomic E-state index is 0.0479. The second-order valence-electron chi connectivity index (χ2n) is 4.29. The summed E-state index contributed by atoms with van der Waals surface area (Å²) in [5.41, 5.74) is 3.22. The van der Waals surface area contributed by atoms with Gasteiger partial charge in [-0.05, 0) is 40.7 Å². The lowest BCUT2D eigenvalue weighted by Gasteiger charge is -2.17. The highest BCUT2D eigenvalue weighted by Gasteiger charge is 2.19. The number of para-hydroxylation sites is 1. The normalized spacial score (nSPS) is 12.7. The molecule has 4 heteroatoms. The van der Waals surface area contributed by atoms with Gasteiger partial charge in [0.15, 0.2) is 4.67 Å². The van der Waals surface area contributed by atoms with Crippen LogP contribution in [0.4, 0.5) is 0 Å². The third-order valence-electron chi connectivity index (χ3n) is 3.22. The molecule has 0 aliphatic rings. The van der Waals surface area contributed by atoms with Crippen LogP contribution in [0.1, 0.15) is 17.2 Å². The highest BCUT2D eigenvalue weighted by atomic mass is 79.9. The lowest BCUT2D eigenvalue weighted by atomic mass is 9.98. The number of aromatic nitrogens is 1. The van der Waals surface area contributed by atoms with Gasteiger partial charge >= 0.3 is 0 Å². The largest absolute Gasteiger partial charge is 0.457 e. The Balaban J connectivity index is 2.20.